The van der Waals surface area contributed by atoms with Crippen LogP contribution in [0.5, 0.6) is 5.75 Å². The summed E-state index contributed by atoms with van der Waals surface area (Å²) in [5.74, 6) is 1.41. The van der Waals surface area contributed by atoms with Crippen LogP contribution in [0.15, 0.2) is 36.4 Å². The van der Waals surface area contributed by atoms with E-state index in [0.717, 1.165) is 5.69 Å². The van der Waals surface area contributed by atoms with E-state index in [-0.39, 0.29) is 11.6 Å². The number of ether oxygens (including phenoxy) is 1. The Bertz CT molecular complexity index is 717. The predicted octanol–water partition coefficient (Wildman–Crippen LogP) is 2.38. The van der Waals surface area contributed by atoms with Crippen LogP contribution in [0.3, 0.4) is 0 Å². The zero-order chi connectivity index (χ0) is 16.0. The molecule has 0 fully saturated rings. The lowest BCUT2D eigenvalue weighted by Gasteiger charge is -2.10. The Morgan fingerprint density at radius 1 is 1.09 bits per heavy atom. The largest absolute Gasteiger partial charge is 0.495 e. The molecule has 1 aromatic carbocycles. The summed E-state index contributed by atoms with van der Waals surface area (Å²) in [6.07, 6.45) is 0.538. The molecule has 0 aliphatic rings. The molecule has 2 N–H and O–H groups in total. The average molecular weight is 322 g/mol. The molecular weight excluding hydrogens is 304 g/mol. The van der Waals surface area contributed by atoms with Gasteiger partial charge in [0, 0.05) is 0 Å². The van der Waals surface area contributed by atoms with E-state index in [1.54, 1.807) is 26.2 Å². The molecule has 0 amide bonds. The van der Waals surface area contributed by atoms with E-state index in [2.05, 4.69) is 20.2 Å². The Morgan fingerprint density at radius 2 is 1.77 bits per heavy atom. The molecule has 0 saturated carbocycles. The first-order valence-electron chi connectivity index (χ1n) is 6.78. The Kier molecular flexibility index (Phi) is 5.16. The van der Waals surface area contributed by atoms with Gasteiger partial charge in [-0.3, -0.25) is 4.72 Å². The van der Waals surface area contributed by atoms with Crippen molar-refractivity contribution < 1.29 is 13.2 Å². The van der Waals surface area contributed by atoms with Gasteiger partial charge >= 0.3 is 0 Å². The van der Waals surface area contributed by atoms with Crippen molar-refractivity contribution in [2.24, 2.45) is 0 Å². The highest BCUT2D eigenvalue weighted by Gasteiger charge is 2.10. The molecule has 7 nitrogen and oxygen atoms in total. The molecule has 0 radical (unpaired) electrons. The highest BCUT2D eigenvalue weighted by atomic mass is 32.2. The van der Waals surface area contributed by atoms with Crippen LogP contribution in [0.1, 0.15) is 13.3 Å². The number of hydrogen-bond donors (Lipinski definition) is 2. The van der Waals surface area contributed by atoms with Gasteiger partial charge in [0.2, 0.25) is 10.0 Å². The SMILES string of the molecule is CCCS(=O)(=O)Nc1ccc(Nc2ccccc2OC)nn1. The van der Waals surface area contributed by atoms with Crippen LogP contribution in [0, 0.1) is 0 Å². The normalized spacial score (nSPS) is 11.0. The summed E-state index contributed by atoms with van der Waals surface area (Å²) < 4.78 is 30.9. The summed E-state index contributed by atoms with van der Waals surface area (Å²) in [7, 11) is -1.78. The van der Waals surface area contributed by atoms with E-state index in [1.807, 2.05) is 24.3 Å². The molecule has 22 heavy (non-hydrogen) atoms. The molecule has 0 bridgehead atoms. The topological polar surface area (TPSA) is 93.2 Å². The van der Waals surface area contributed by atoms with Gasteiger partial charge < -0.3 is 10.1 Å². The summed E-state index contributed by atoms with van der Waals surface area (Å²) in [5.41, 5.74) is 0.749. The van der Waals surface area contributed by atoms with Gasteiger partial charge in [-0.05, 0) is 30.7 Å². The minimum Gasteiger partial charge on any atom is -0.495 e. The van der Waals surface area contributed by atoms with E-state index < -0.39 is 10.0 Å². The smallest absolute Gasteiger partial charge is 0.233 e. The fraction of sp³-hybridized carbons (Fsp3) is 0.286. The minimum absolute atomic E-state index is 0.0515. The fourth-order valence-electron chi connectivity index (χ4n) is 1.82. The molecule has 1 heterocycles. The molecule has 0 saturated heterocycles. The quantitative estimate of drug-likeness (QED) is 0.813. The van der Waals surface area contributed by atoms with E-state index in [1.165, 1.54) is 0 Å². The number of anilines is 3. The third-order valence-electron chi connectivity index (χ3n) is 2.77. The van der Waals surface area contributed by atoms with Gasteiger partial charge in [-0.2, -0.15) is 0 Å². The van der Waals surface area contributed by atoms with E-state index in [9.17, 15) is 8.42 Å². The number of hydrogen-bond acceptors (Lipinski definition) is 6. The second kappa shape index (κ2) is 7.08. The zero-order valence-electron chi connectivity index (χ0n) is 12.4. The average Bonchev–Trinajstić information content (AvgIpc) is 2.49. The van der Waals surface area contributed by atoms with Crippen LogP contribution in [-0.4, -0.2) is 31.5 Å². The highest BCUT2D eigenvalue weighted by Crippen LogP contribution is 2.26. The van der Waals surface area contributed by atoms with Crippen molar-refractivity contribution in [1.29, 1.82) is 0 Å². The second-order valence-electron chi connectivity index (χ2n) is 4.55. The Morgan fingerprint density at radius 3 is 2.41 bits per heavy atom. The standard InChI is InChI=1S/C14H18N4O3S/c1-3-10-22(19,20)18-14-9-8-13(16-17-14)15-11-6-4-5-7-12(11)21-2/h4-9H,3,10H2,1-2H3,(H,15,16)(H,17,18). The van der Waals surface area contributed by atoms with Gasteiger partial charge in [0.05, 0.1) is 18.6 Å². The van der Waals surface area contributed by atoms with Gasteiger partial charge in [0.15, 0.2) is 11.6 Å². The summed E-state index contributed by atoms with van der Waals surface area (Å²) >= 11 is 0. The molecule has 0 spiro atoms. The van der Waals surface area contributed by atoms with Crippen molar-refractivity contribution >= 4 is 27.3 Å². The minimum atomic E-state index is -3.36. The van der Waals surface area contributed by atoms with Gasteiger partial charge in [-0.1, -0.05) is 19.1 Å². The summed E-state index contributed by atoms with van der Waals surface area (Å²) in [6, 6.07) is 10.6. The maximum Gasteiger partial charge on any atom is 0.233 e. The van der Waals surface area contributed by atoms with Crippen molar-refractivity contribution in [1.82, 2.24) is 10.2 Å². The first kappa shape index (κ1) is 16.0. The Hall–Kier alpha value is -2.35. The summed E-state index contributed by atoms with van der Waals surface area (Å²) in [5, 5.41) is 10.9. The van der Waals surface area contributed by atoms with Crippen LogP contribution >= 0.6 is 0 Å². The lowest BCUT2D eigenvalue weighted by atomic mass is 10.3. The van der Waals surface area contributed by atoms with Gasteiger partial charge in [-0.25, -0.2) is 8.42 Å². The Labute approximate surface area is 129 Å². The van der Waals surface area contributed by atoms with Crippen LogP contribution < -0.4 is 14.8 Å². The fourth-order valence-corrected chi connectivity index (χ4v) is 2.89. The lowest BCUT2D eigenvalue weighted by Crippen LogP contribution is -2.17. The van der Waals surface area contributed by atoms with Crippen molar-refractivity contribution in [2.45, 2.75) is 13.3 Å². The predicted molar refractivity (Wildman–Crippen MR) is 86.0 cm³/mol. The molecule has 0 unspecified atom stereocenters. The highest BCUT2D eigenvalue weighted by molar-refractivity contribution is 7.92. The van der Waals surface area contributed by atoms with Crippen LogP contribution in [0.25, 0.3) is 0 Å². The maximum atomic E-state index is 11.6. The van der Waals surface area contributed by atoms with Crippen molar-refractivity contribution in [2.75, 3.05) is 22.9 Å². The van der Waals surface area contributed by atoms with Gasteiger partial charge in [0.25, 0.3) is 0 Å². The number of benzene rings is 1. The van der Waals surface area contributed by atoms with Gasteiger partial charge in [-0.15, -0.1) is 10.2 Å². The first-order chi connectivity index (χ1) is 10.5. The van der Waals surface area contributed by atoms with Crippen LogP contribution in [0.2, 0.25) is 0 Å². The number of rotatable bonds is 7. The monoisotopic (exact) mass is 322 g/mol. The van der Waals surface area contributed by atoms with Gasteiger partial charge in [0.1, 0.15) is 5.75 Å². The molecule has 0 atom stereocenters. The first-order valence-corrected chi connectivity index (χ1v) is 8.43. The van der Waals surface area contributed by atoms with Crippen molar-refractivity contribution in [3.63, 3.8) is 0 Å². The second-order valence-corrected chi connectivity index (χ2v) is 6.39. The number of nitrogens with one attached hydrogen (secondary N) is 2. The molecule has 0 aliphatic carbocycles. The maximum absolute atomic E-state index is 11.6. The molecule has 0 aliphatic heterocycles. The summed E-state index contributed by atoms with van der Waals surface area (Å²) in [6.45, 7) is 1.80. The Balaban J connectivity index is 2.09. The van der Waals surface area contributed by atoms with Crippen LogP contribution in [0.4, 0.5) is 17.3 Å². The summed E-state index contributed by atoms with van der Waals surface area (Å²) in [4.78, 5) is 0. The van der Waals surface area contributed by atoms with E-state index >= 15 is 0 Å². The number of sulfonamides is 1. The van der Waals surface area contributed by atoms with Crippen LogP contribution in [-0.2, 0) is 10.0 Å². The van der Waals surface area contributed by atoms with E-state index in [0.29, 0.717) is 18.0 Å². The number of methoxy groups -OCH3 is 1. The number of nitrogens with zero attached hydrogens (tertiary/aromatic N) is 2. The lowest BCUT2D eigenvalue weighted by molar-refractivity contribution is 0.417. The molecular formula is C14H18N4O3S. The molecule has 2 aromatic rings. The molecule has 118 valence electrons. The molecule has 8 heteroatoms. The van der Waals surface area contributed by atoms with E-state index in [4.69, 9.17) is 4.74 Å². The number of para-hydroxylation sites is 2. The van der Waals surface area contributed by atoms with Crippen molar-refractivity contribution in [3.05, 3.63) is 36.4 Å². The number of aromatic nitrogens is 2. The third-order valence-corrected chi connectivity index (χ3v) is 4.23. The van der Waals surface area contributed by atoms with Crippen molar-refractivity contribution in [3.8, 4) is 5.75 Å². The molecule has 1 aromatic heterocycles. The zero-order valence-corrected chi connectivity index (χ0v) is 13.2. The third kappa shape index (κ3) is 4.32. The molecule has 2 rings (SSSR count).